The minimum Gasteiger partial charge on any atom is -0.412 e. The molecule has 0 aliphatic heterocycles. The van der Waals surface area contributed by atoms with Crippen molar-refractivity contribution in [3.05, 3.63) is 73.1 Å². The summed E-state index contributed by atoms with van der Waals surface area (Å²) in [7, 11) is 0. The van der Waals surface area contributed by atoms with Crippen LogP contribution in [0.2, 0.25) is 0 Å². The third kappa shape index (κ3) is 3.55. The molecule has 0 aliphatic carbocycles. The molecule has 21 heavy (non-hydrogen) atoms. The van der Waals surface area contributed by atoms with Crippen molar-refractivity contribution in [3.8, 4) is 0 Å². The molecule has 0 spiro atoms. The molecular weight excluding hydrogens is 264 g/mol. The Morgan fingerprint density at radius 3 is 1.38 bits per heavy atom. The average molecular weight is 278 g/mol. The van der Waals surface area contributed by atoms with Gasteiger partial charge in [-0.3, -0.25) is 0 Å². The van der Waals surface area contributed by atoms with Crippen molar-refractivity contribution in [1.82, 2.24) is 20.4 Å². The van der Waals surface area contributed by atoms with Crippen LogP contribution >= 0.6 is 0 Å². The third-order valence-electron chi connectivity index (χ3n) is 2.85. The molecule has 5 heteroatoms. The summed E-state index contributed by atoms with van der Waals surface area (Å²) in [4.78, 5) is 0. The lowest BCUT2D eigenvalue weighted by atomic mass is 10.2. The van der Waals surface area contributed by atoms with E-state index in [1.54, 1.807) is 12.4 Å². The molecule has 0 fully saturated rings. The number of nitrogens with zero attached hydrogens (tertiary/aromatic N) is 4. The van der Waals surface area contributed by atoms with Gasteiger partial charge in [-0.1, -0.05) is 36.4 Å². The highest BCUT2D eigenvalue weighted by Gasteiger charge is 1.88. The highest BCUT2D eigenvalue weighted by Crippen LogP contribution is 2.07. The molecule has 0 bridgehead atoms. The van der Waals surface area contributed by atoms with E-state index in [2.05, 4.69) is 20.4 Å². The summed E-state index contributed by atoms with van der Waals surface area (Å²) in [6.45, 7) is 0. The molecule has 0 amide bonds. The zero-order valence-electron chi connectivity index (χ0n) is 11.2. The van der Waals surface area contributed by atoms with Gasteiger partial charge in [0, 0.05) is 10.8 Å². The van der Waals surface area contributed by atoms with Gasteiger partial charge < -0.3 is 5.48 Å². The number of rotatable bonds is 0. The molecule has 0 radical (unpaired) electrons. The zero-order valence-corrected chi connectivity index (χ0v) is 11.2. The summed E-state index contributed by atoms with van der Waals surface area (Å²) in [6, 6.07) is 19.7. The molecule has 2 N–H and O–H groups in total. The van der Waals surface area contributed by atoms with Crippen molar-refractivity contribution in [1.29, 1.82) is 0 Å². The van der Waals surface area contributed by atoms with E-state index in [1.165, 1.54) is 0 Å². The van der Waals surface area contributed by atoms with Crippen LogP contribution in [0.25, 0.3) is 21.8 Å². The second kappa shape index (κ2) is 7.02. The van der Waals surface area contributed by atoms with Crippen molar-refractivity contribution in [2.24, 2.45) is 0 Å². The topological polar surface area (TPSA) is 83.1 Å². The maximum atomic E-state index is 3.93. The maximum Gasteiger partial charge on any atom is 0.0929 e. The molecule has 2 aromatic carbocycles. The van der Waals surface area contributed by atoms with E-state index in [0.717, 1.165) is 21.8 Å². The van der Waals surface area contributed by atoms with Crippen LogP contribution in [0.5, 0.6) is 0 Å². The predicted molar refractivity (Wildman–Crippen MR) is 82.7 cm³/mol. The van der Waals surface area contributed by atoms with Crippen molar-refractivity contribution < 1.29 is 5.48 Å². The van der Waals surface area contributed by atoms with Crippen LogP contribution in [-0.4, -0.2) is 25.9 Å². The molecule has 0 atom stereocenters. The van der Waals surface area contributed by atoms with E-state index in [-0.39, 0.29) is 5.48 Å². The van der Waals surface area contributed by atoms with Crippen molar-refractivity contribution in [3.63, 3.8) is 0 Å². The molecule has 4 rings (SSSR count). The van der Waals surface area contributed by atoms with E-state index in [1.807, 2.05) is 60.7 Å². The Morgan fingerprint density at radius 1 is 0.524 bits per heavy atom. The van der Waals surface area contributed by atoms with Gasteiger partial charge in [0.2, 0.25) is 0 Å². The summed E-state index contributed by atoms with van der Waals surface area (Å²) in [5.41, 5.74) is 1.90. The van der Waals surface area contributed by atoms with Gasteiger partial charge in [0.1, 0.15) is 0 Å². The molecule has 4 aromatic rings. The highest BCUT2D eigenvalue weighted by molar-refractivity contribution is 5.77. The zero-order chi connectivity index (χ0) is 13.6. The lowest BCUT2D eigenvalue weighted by Gasteiger charge is -1.90. The summed E-state index contributed by atoms with van der Waals surface area (Å²) in [5.74, 6) is 0. The monoisotopic (exact) mass is 278 g/mol. The van der Waals surface area contributed by atoms with Gasteiger partial charge >= 0.3 is 0 Å². The number of fused-ring (bicyclic) bond motifs is 2. The first-order valence-electron chi connectivity index (χ1n) is 6.26. The Labute approximate surface area is 121 Å². The van der Waals surface area contributed by atoms with Crippen molar-refractivity contribution >= 4 is 21.8 Å². The van der Waals surface area contributed by atoms with Crippen LogP contribution in [0, 0.1) is 0 Å². The molecule has 0 unspecified atom stereocenters. The maximum absolute atomic E-state index is 3.93. The van der Waals surface area contributed by atoms with Crippen LogP contribution in [0.3, 0.4) is 0 Å². The number of hydrogen-bond acceptors (Lipinski definition) is 4. The lowest BCUT2D eigenvalue weighted by Crippen LogP contribution is -1.79. The minimum absolute atomic E-state index is 0. The number of benzene rings is 2. The molecule has 0 saturated carbocycles. The van der Waals surface area contributed by atoms with Gasteiger partial charge in [-0.25, -0.2) is 0 Å². The molecule has 0 aliphatic rings. The van der Waals surface area contributed by atoms with Crippen molar-refractivity contribution in [2.75, 3.05) is 0 Å². The molecular formula is C16H14N4O. The Bertz CT molecular complexity index is 634. The fourth-order valence-corrected chi connectivity index (χ4v) is 1.86. The summed E-state index contributed by atoms with van der Waals surface area (Å²) >= 11 is 0. The highest BCUT2D eigenvalue weighted by atomic mass is 16.0. The molecule has 0 saturated heterocycles. The second-order valence-electron chi connectivity index (χ2n) is 4.18. The summed E-state index contributed by atoms with van der Waals surface area (Å²) in [6.07, 6.45) is 3.39. The first kappa shape index (κ1) is 14.5. The van der Waals surface area contributed by atoms with Gasteiger partial charge in [-0.2, -0.15) is 20.4 Å². The van der Waals surface area contributed by atoms with E-state index < -0.39 is 0 Å². The molecule has 2 aromatic heterocycles. The lowest BCUT2D eigenvalue weighted by molar-refractivity contribution is 0.824. The Hall–Kier alpha value is -2.92. The fraction of sp³-hybridized carbons (Fsp3) is 0. The van der Waals surface area contributed by atoms with E-state index in [9.17, 15) is 0 Å². The van der Waals surface area contributed by atoms with Gasteiger partial charge in [0.05, 0.1) is 23.4 Å². The first-order chi connectivity index (χ1) is 9.93. The van der Waals surface area contributed by atoms with Crippen LogP contribution in [-0.2, 0) is 0 Å². The molecule has 5 nitrogen and oxygen atoms in total. The standard InChI is InChI=1S/2C8H6N2.H2O/c2*1-2-4-8-7(3-1)5-6-9-10-8;/h2*1-6H;1H2. The molecule has 2 heterocycles. The fourth-order valence-electron chi connectivity index (χ4n) is 1.86. The molecule has 104 valence electrons. The minimum atomic E-state index is 0. The van der Waals surface area contributed by atoms with Gasteiger partial charge in [-0.05, 0) is 24.3 Å². The Kier molecular flexibility index (Phi) is 4.84. The largest absolute Gasteiger partial charge is 0.412 e. The third-order valence-corrected chi connectivity index (χ3v) is 2.85. The van der Waals surface area contributed by atoms with Gasteiger partial charge in [0.25, 0.3) is 0 Å². The Balaban J connectivity index is 0.000000147. The van der Waals surface area contributed by atoms with E-state index in [0.29, 0.717) is 0 Å². The quantitative estimate of drug-likeness (QED) is 0.494. The first-order valence-corrected chi connectivity index (χ1v) is 6.26. The average Bonchev–Trinajstić information content (AvgIpc) is 2.56. The predicted octanol–water partition coefficient (Wildman–Crippen LogP) is 2.43. The van der Waals surface area contributed by atoms with Crippen molar-refractivity contribution in [2.45, 2.75) is 0 Å². The van der Waals surface area contributed by atoms with Crippen LogP contribution in [0.1, 0.15) is 0 Å². The number of hydrogen-bond donors (Lipinski definition) is 0. The van der Waals surface area contributed by atoms with Crippen LogP contribution in [0.15, 0.2) is 73.1 Å². The SMILES string of the molecule is O.c1ccc2nnccc2c1.c1ccc2nnccc2c1. The van der Waals surface area contributed by atoms with E-state index in [4.69, 9.17) is 0 Å². The number of aromatic nitrogens is 4. The summed E-state index contributed by atoms with van der Waals surface area (Å²) in [5, 5.41) is 17.7. The Morgan fingerprint density at radius 2 is 0.952 bits per heavy atom. The summed E-state index contributed by atoms with van der Waals surface area (Å²) < 4.78 is 0. The normalized spacial score (nSPS) is 9.52. The second-order valence-corrected chi connectivity index (χ2v) is 4.18. The van der Waals surface area contributed by atoms with Gasteiger partial charge in [-0.15, -0.1) is 0 Å². The van der Waals surface area contributed by atoms with Gasteiger partial charge in [0.15, 0.2) is 0 Å². The van der Waals surface area contributed by atoms with E-state index >= 15 is 0 Å². The van der Waals surface area contributed by atoms with Crippen LogP contribution in [0.4, 0.5) is 0 Å². The van der Waals surface area contributed by atoms with Crippen LogP contribution < -0.4 is 0 Å². The smallest absolute Gasteiger partial charge is 0.0929 e.